The molecule has 0 saturated carbocycles. The van der Waals surface area contributed by atoms with E-state index in [0.717, 1.165) is 32.4 Å². The van der Waals surface area contributed by atoms with E-state index in [-0.39, 0.29) is 21.1 Å². The van der Waals surface area contributed by atoms with Crippen molar-refractivity contribution in [2.24, 2.45) is 0 Å². The minimum atomic E-state index is -3.62. The number of hydrogen-bond acceptors (Lipinski definition) is 4. The molecule has 2 aliphatic heterocycles. The fraction of sp³-hybridized carbons (Fsp3) is 0.615. The Balaban J connectivity index is 1.78. The molecule has 2 atom stereocenters. The zero-order valence-electron chi connectivity index (χ0n) is 11.4. The molecule has 0 radical (unpaired) electrons. The van der Waals surface area contributed by atoms with Crippen LogP contribution >= 0.6 is 23.2 Å². The lowest BCUT2D eigenvalue weighted by Crippen LogP contribution is -2.46. The molecule has 2 aliphatic rings. The maximum absolute atomic E-state index is 12.5. The number of pyridine rings is 1. The highest BCUT2D eigenvalue weighted by Crippen LogP contribution is 2.29. The van der Waals surface area contributed by atoms with Crippen molar-refractivity contribution in [1.82, 2.24) is 14.6 Å². The number of hydrogen-bond donors (Lipinski definition) is 1. The third-order valence-corrected chi connectivity index (χ3v) is 6.39. The van der Waals surface area contributed by atoms with Crippen molar-refractivity contribution in [1.29, 1.82) is 0 Å². The predicted molar refractivity (Wildman–Crippen MR) is 82.2 cm³/mol. The third kappa shape index (κ3) is 3.19. The van der Waals surface area contributed by atoms with Crippen LogP contribution in [-0.2, 0) is 10.0 Å². The quantitative estimate of drug-likeness (QED) is 0.850. The van der Waals surface area contributed by atoms with E-state index >= 15 is 0 Å². The summed E-state index contributed by atoms with van der Waals surface area (Å²) in [6.45, 7) is 2.02. The van der Waals surface area contributed by atoms with Crippen LogP contribution in [0.5, 0.6) is 0 Å². The van der Waals surface area contributed by atoms with Crippen molar-refractivity contribution in [2.45, 2.75) is 42.7 Å². The van der Waals surface area contributed by atoms with Crippen LogP contribution in [0.15, 0.2) is 17.2 Å². The summed E-state index contributed by atoms with van der Waals surface area (Å²) >= 11 is 11.6. The second-order valence-corrected chi connectivity index (χ2v) is 8.04. The van der Waals surface area contributed by atoms with Crippen LogP contribution < -0.4 is 4.72 Å². The molecule has 2 fully saturated rings. The summed E-state index contributed by atoms with van der Waals surface area (Å²) in [7, 11) is -3.62. The first-order valence-corrected chi connectivity index (χ1v) is 9.29. The van der Waals surface area contributed by atoms with Gasteiger partial charge in [-0.1, -0.05) is 29.6 Å². The lowest BCUT2D eigenvalue weighted by molar-refractivity contribution is 0.186. The molecule has 0 spiro atoms. The predicted octanol–water partition coefficient (Wildman–Crippen LogP) is 2.29. The second-order valence-electron chi connectivity index (χ2n) is 5.56. The summed E-state index contributed by atoms with van der Waals surface area (Å²) in [4.78, 5) is 6.24. The standard InChI is InChI=1S/C13H17Cl2N3O2S/c14-10-7-9(8-16-13(10)15)21(19,20)17-11-4-6-18-5-2-1-3-12(11)18/h7-8,11-12,17H,1-6H2. The van der Waals surface area contributed by atoms with Crippen LogP contribution in [0.2, 0.25) is 10.2 Å². The molecule has 5 nitrogen and oxygen atoms in total. The van der Waals surface area contributed by atoms with E-state index < -0.39 is 10.0 Å². The minimum absolute atomic E-state index is 0.0373. The topological polar surface area (TPSA) is 62.3 Å². The van der Waals surface area contributed by atoms with E-state index in [1.807, 2.05) is 0 Å². The molecule has 0 amide bonds. The van der Waals surface area contributed by atoms with Crippen LogP contribution in [0.4, 0.5) is 0 Å². The number of nitrogens with zero attached hydrogens (tertiary/aromatic N) is 2. The monoisotopic (exact) mass is 349 g/mol. The molecule has 116 valence electrons. The fourth-order valence-corrected chi connectivity index (χ4v) is 4.81. The van der Waals surface area contributed by atoms with E-state index in [1.165, 1.54) is 18.7 Å². The van der Waals surface area contributed by atoms with Gasteiger partial charge in [-0.15, -0.1) is 0 Å². The number of fused-ring (bicyclic) bond motifs is 1. The highest BCUT2D eigenvalue weighted by atomic mass is 35.5. The molecule has 0 aromatic carbocycles. The first-order valence-electron chi connectivity index (χ1n) is 7.05. The van der Waals surface area contributed by atoms with Gasteiger partial charge >= 0.3 is 0 Å². The van der Waals surface area contributed by atoms with Gasteiger partial charge in [-0.05, 0) is 31.9 Å². The zero-order chi connectivity index (χ0) is 15.0. The maximum Gasteiger partial charge on any atom is 0.242 e. The average molecular weight is 350 g/mol. The molecule has 0 aliphatic carbocycles. The van der Waals surface area contributed by atoms with Crippen molar-refractivity contribution >= 4 is 33.2 Å². The van der Waals surface area contributed by atoms with Gasteiger partial charge in [0, 0.05) is 24.8 Å². The smallest absolute Gasteiger partial charge is 0.242 e. The van der Waals surface area contributed by atoms with Crippen molar-refractivity contribution < 1.29 is 8.42 Å². The van der Waals surface area contributed by atoms with Gasteiger partial charge in [-0.2, -0.15) is 0 Å². The molecule has 3 heterocycles. The first-order chi connectivity index (χ1) is 9.97. The summed E-state index contributed by atoms with van der Waals surface area (Å²) in [5.74, 6) is 0. The van der Waals surface area contributed by atoms with Crippen LogP contribution in [0.1, 0.15) is 25.7 Å². The van der Waals surface area contributed by atoms with Crippen molar-refractivity contribution in [3.05, 3.63) is 22.4 Å². The highest BCUT2D eigenvalue weighted by Gasteiger charge is 2.37. The number of sulfonamides is 1. The van der Waals surface area contributed by atoms with Gasteiger partial charge < -0.3 is 0 Å². The molecule has 1 N–H and O–H groups in total. The summed E-state index contributed by atoms with van der Waals surface area (Å²) in [5, 5.41) is 0.250. The SMILES string of the molecule is O=S(=O)(NC1CCN2CCCCC12)c1cnc(Cl)c(Cl)c1. The number of nitrogens with one attached hydrogen (secondary N) is 1. The second kappa shape index (κ2) is 6.01. The molecule has 21 heavy (non-hydrogen) atoms. The molecule has 3 rings (SSSR count). The Labute approximate surface area is 134 Å². The number of piperidine rings is 1. The zero-order valence-corrected chi connectivity index (χ0v) is 13.8. The van der Waals surface area contributed by atoms with Gasteiger partial charge in [-0.25, -0.2) is 18.1 Å². The van der Waals surface area contributed by atoms with Crippen LogP contribution in [0.25, 0.3) is 0 Å². The number of aromatic nitrogens is 1. The van der Waals surface area contributed by atoms with E-state index in [4.69, 9.17) is 23.2 Å². The van der Waals surface area contributed by atoms with Gasteiger partial charge in [0.15, 0.2) is 0 Å². The largest absolute Gasteiger partial charge is 0.299 e. The van der Waals surface area contributed by atoms with Gasteiger partial charge in [-0.3, -0.25) is 4.90 Å². The van der Waals surface area contributed by atoms with E-state index in [0.29, 0.717) is 6.04 Å². The highest BCUT2D eigenvalue weighted by molar-refractivity contribution is 7.89. The lowest BCUT2D eigenvalue weighted by atomic mass is 10.00. The summed E-state index contributed by atoms with van der Waals surface area (Å²) < 4.78 is 27.7. The molecular weight excluding hydrogens is 333 g/mol. The summed E-state index contributed by atoms with van der Waals surface area (Å²) in [6, 6.07) is 1.61. The van der Waals surface area contributed by atoms with Crippen LogP contribution in [0.3, 0.4) is 0 Å². The van der Waals surface area contributed by atoms with Gasteiger partial charge in [0.1, 0.15) is 10.0 Å². The Hall–Kier alpha value is -0.400. The molecule has 0 bridgehead atoms. The van der Waals surface area contributed by atoms with Crippen molar-refractivity contribution in [3.8, 4) is 0 Å². The van der Waals surface area contributed by atoms with E-state index in [9.17, 15) is 8.42 Å². The summed E-state index contributed by atoms with van der Waals surface area (Å²) in [6.07, 6.45) is 5.50. The Kier molecular flexibility index (Phi) is 4.43. The van der Waals surface area contributed by atoms with Gasteiger partial charge in [0.2, 0.25) is 10.0 Å². The van der Waals surface area contributed by atoms with Crippen molar-refractivity contribution in [2.75, 3.05) is 13.1 Å². The maximum atomic E-state index is 12.5. The Morgan fingerprint density at radius 1 is 1.24 bits per heavy atom. The van der Waals surface area contributed by atoms with Crippen LogP contribution in [-0.4, -0.2) is 43.5 Å². The molecule has 8 heteroatoms. The lowest BCUT2D eigenvalue weighted by Gasteiger charge is -2.32. The third-order valence-electron chi connectivity index (χ3n) is 4.24. The van der Waals surface area contributed by atoms with E-state index in [2.05, 4.69) is 14.6 Å². The minimum Gasteiger partial charge on any atom is -0.299 e. The Morgan fingerprint density at radius 2 is 2.05 bits per heavy atom. The Bertz CT molecular complexity index is 638. The number of halogens is 2. The van der Waals surface area contributed by atoms with Gasteiger partial charge in [0.25, 0.3) is 0 Å². The first kappa shape index (κ1) is 15.5. The molecule has 1 aromatic heterocycles. The summed E-state index contributed by atoms with van der Waals surface area (Å²) in [5.41, 5.74) is 0. The molecule has 1 aromatic rings. The average Bonchev–Trinajstić information content (AvgIpc) is 2.85. The van der Waals surface area contributed by atoms with Crippen molar-refractivity contribution in [3.63, 3.8) is 0 Å². The van der Waals surface area contributed by atoms with E-state index in [1.54, 1.807) is 0 Å². The normalized spacial score (nSPS) is 26.8. The Morgan fingerprint density at radius 3 is 2.81 bits per heavy atom. The van der Waals surface area contributed by atoms with Crippen LogP contribution in [0, 0.1) is 0 Å². The number of rotatable bonds is 3. The molecule has 2 saturated heterocycles. The molecular formula is C13H17Cl2N3O2S. The molecule has 2 unspecified atom stereocenters. The fourth-order valence-electron chi connectivity index (χ4n) is 3.20. The van der Waals surface area contributed by atoms with Gasteiger partial charge in [0.05, 0.1) is 5.02 Å².